The summed E-state index contributed by atoms with van der Waals surface area (Å²) in [7, 11) is 1.88. The lowest BCUT2D eigenvalue weighted by Crippen LogP contribution is -2.26. The van der Waals surface area contributed by atoms with Gasteiger partial charge in [0.15, 0.2) is 0 Å². The fraction of sp³-hybridized carbons (Fsp3) is 0.692. The van der Waals surface area contributed by atoms with Crippen LogP contribution in [0.2, 0.25) is 0 Å². The molecule has 1 unspecified atom stereocenters. The molecule has 1 aliphatic rings. The Morgan fingerprint density at radius 2 is 2.17 bits per heavy atom. The zero-order valence-corrected chi connectivity index (χ0v) is 12.2. The molecule has 0 saturated carbocycles. The molecule has 0 aliphatic carbocycles. The smallest absolute Gasteiger partial charge is 0.228 e. The highest BCUT2D eigenvalue weighted by Crippen LogP contribution is 2.29. The van der Waals surface area contributed by atoms with E-state index in [4.69, 9.17) is 11.6 Å². The Bertz CT molecular complexity index is 461. The third-order valence-corrected chi connectivity index (χ3v) is 3.76. The molecule has 2 rings (SSSR count). The Balaban J connectivity index is 2.29. The molecule has 0 spiro atoms. The van der Waals surface area contributed by atoms with Crippen LogP contribution in [0.5, 0.6) is 0 Å². The van der Waals surface area contributed by atoms with E-state index in [1.807, 2.05) is 13.1 Å². The highest BCUT2D eigenvalue weighted by Gasteiger charge is 2.32. The fourth-order valence-corrected chi connectivity index (χ4v) is 2.39. The number of hydrogen-bond acceptors (Lipinski definition) is 2. The number of anilines is 1. The maximum absolute atomic E-state index is 12.0. The van der Waals surface area contributed by atoms with E-state index in [1.165, 1.54) is 0 Å². The summed E-state index contributed by atoms with van der Waals surface area (Å²) in [5, 5.41) is 4.50. The minimum absolute atomic E-state index is 0.00926. The molecule has 1 atom stereocenters. The summed E-state index contributed by atoms with van der Waals surface area (Å²) in [4.78, 5) is 13.8. The molecule has 100 valence electrons. The van der Waals surface area contributed by atoms with Crippen molar-refractivity contribution in [1.29, 1.82) is 0 Å². The van der Waals surface area contributed by atoms with Crippen LogP contribution in [-0.2, 0) is 17.3 Å². The van der Waals surface area contributed by atoms with Gasteiger partial charge >= 0.3 is 0 Å². The van der Waals surface area contributed by atoms with Crippen molar-refractivity contribution in [2.45, 2.75) is 32.6 Å². The second kappa shape index (κ2) is 4.57. The highest BCUT2D eigenvalue weighted by molar-refractivity contribution is 6.18. The quantitative estimate of drug-likeness (QED) is 0.773. The van der Waals surface area contributed by atoms with E-state index >= 15 is 0 Å². The number of aryl methyl sites for hydroxylation is 1. The van der Waals surface area contributed by atoms with Gasteiger partial charge in [-0.3, -0.25) is 14.4 Å². The molecule has 1 amide bonds. The molecule has 0 radical (unpaired) electrons. The summed E-state index contributed by atoms with van der Waals surface area (Å²) in [5.74, 6) is 1.81. The molecule has 1 aliphatic heterocycles. The van der Waals surface area contributed by atoms with E-state index in [9.17, 15) is 4.79 Å². The van der Waals surface area contributed by atoms with Gasteiger partial charge in [0.1, 0.15) is 5.82 Å². The zero-order valence-electron chi connectivity index (χ0n) is 11.4. The van der Waals surface area contributed by atoms with Gasteiger partial charge in [-0.05, 0) is 5.92 Å². The topological polar surface area (TPSA) is 38.1 Å². The monoisotopic (exact) mass is 269 g/mol. The van der Waals surface area contributed by atoms with Crippen molar-refractivity contribution < 1.29 is 4.79 Å². The van der Waals surface area contributed by atoms with Crippen LogP contribution in [0.4, 0.5) is 5.82 Å². The Morgan fingerprint density at radius 1 is 1.50 bits per heavy atom. The number of carbonyl (C=O) groups excluding carboxylic acids is 1. The lowest BCUT2D eigenvalue weighted by Gasteiger charge is -2.16. The Labute approximate surface area is 113 Å². The van der Waals surface area contributed by atoms with Crippen molar-refractivity contribution >= 4 is 23.3 Å². The van der Waals surface area contributed by atoms with Crippen molar-refractivity contribution in [1.82, 2.24) is 9.78 Å². The molecule has 1 saturated heterocycles. The normalized spacial score (nSPS) is 20.8. The van der Waals surface area contributed by atoms with E-state index in [1.54, 1.807) is 9.58 Å². The second-order valence-corrected chi connectivity index (χ2v) is 6.30. The third-order valence-electron chi connectivity index (χ3n) is 3.32. The van der Waals surface area contributed by atoms with Gasteiger partial charge in [-0.25, -0.2) is 0 Å². The minimum atomic E-state index is -0.00926. The number of alkyl halides is 1. The number of halogens is 1. The van der Waals surface area contributed by atoms with E-state index in [-0.39, 0.29) is 17.2 Å². The van der Waals surface area contributed by atoms with Crippen LogP contribution in [0.25, 0.3) is 0 Å². The average molecular weight is 270 g/mol. The van der Waals surface area contributed by atoms with Crippen LogP contribution >= 0.6 is 11.6 Å². The summed E-state index contributed by atoms with van der Waals surface area (Å²) in [6.45, 7) is 7.05. The van der Waals surface area contributed by atoms with Gasteiger partial charge in [-0.1, -0.05) is 20.8 Å². The van der Waals surface area contributed by atoms with Crippen molar-refractivity contribution in [2.24, 2.45) is 13.0 Å². The number of carbonyl (C=O) groups is 1. The lowest BCUT2D eigenvalue weighted by molar-refractivity contribution is -0.117. The first kappa shape index (κ1) is 13.4. The fourth-order valence-electron chi connectivity index (χ4n) is 2.18. The van der Waals surface area contributed by atoms with Gasteiger partial charge in [-0.2, -0.15) is 5.10 Å². The van der Waals surface area contributed by atoms with Crippen LogP contribution in [0.3, 0.4) is 0 Å². The van der Waals surface area contributed by atoms with Crippen LogP contribution < -0.4 is 4.90 Å². The van der Waals surface area contributed by atoms with Crippen molar-refractivity contribution in [3.8, 4) is 0 Å². The van der Waals surface area contributed by atoms with Crippen LogP contribution in [0.1, 0.15) is 32.9 Å². The molecule has 18 heavy (non-hydrogen) atoms. The number of nitrogens with zero attached hydrogens (tertiary/aromatic N) is 3. The molecular formula is C13H20ClN3O. The lowest BCUT2D eigenvalue weighted by atomic mass is 9.92. The van der Waals surface area contributed by atoms with Gasteiger partial charge in [0.05, 0.1) is 5.69 Å². The summed E-state index contributed by atoms with van der Waals surface area (Å²) in [5.41, 5.74) is 0.993. The van der Waals surface area contributed by atoms with Crippen molar-refractivity contribution in [3.05, 3.63) is 11.8 Å². The number of rotatable bonds is 2. The summed E-state index contributed by atoms with van der Waals surface area (Å²) >= 11 is 5.84. The molecule has 0 N–H and O–H groups in total. The Hall–Kier alpha value is -1.03. The first-order valence-electron chi connectivity index (χ1n) is 6.23. The van der Waals surface area contributed by atoms with E-state index in [0.717, 1.165) is 11.5 Å². The minimum Gasteiger partial charge on any atom is -0.297 e. The largest absolute Gasteiger partial charge is 0.297 e. The Kier molecular flexibility index (Phi) is 3.41. The van der Waals surface area contributed by atoms with E-state index in [2.05, 4.69) is 25.9 Å². The molecular weight excluding hydrogens is 250 g/mol. The van der Waals surface area contributed by atoms with Gasteiger partial charge < -0.3 is 0 Å². The van der Waals surface area contributed by atoms with E-state index < -0.39 is 0 Å². The molecule has 4 nitrogen and oxygen atoms in total. The Morgan fingerprint density at radius 3 is 2.61 bits per heavy atom. The SMILES string of the molecule is Cn1nc(C(C)(C)C)cc1N1CC(CCl)CC1=O. The molecule has 1 fully saturated rings. The molecule has 1 aromatic rings. The van der Waals surface area contributed by atoms with Gasteiger partial charge in [0.25, 0.3) is 0 Å². The maximum Gasteiger partial charge on any atom is 0.228 e. The summed E-state index contributed by atoms with van der Waals surface area (Å²) in [6.07, 6.45) is 0.541. The highest BCUT2D eigenvalue weighted by atomic mass is 35.5. The first-order valence-corrected chi connectivity index (χ1v) is 6.77. The van der Waals surface area contributed by atoms with Gasteiger partial charge in [0.2, 0.25) is 5.91 Å². The van der Waals surface area contributed by atoms with E-state index in [0.29, 0.717) is 18.8 Å². The van der Waals surface area contributed by atoms with Crippen LogP contribution in [0.15, 0.2) is 6.07 Å². The first-order chi connectivity index (χ1) is 8.32. The number of amides is 1. The summed E-state index contributed by atoms with van der Waals surface area (Å²) in [6, 6.07) is 2.01. The van der Waals surface area contributed by atoms with Gasteiger partial charge in [-0.15, -0.1) is 11.6 Å². The number of hydrogen-bond donors (Lipinski definition) is 0. The van der Waals surface area contributed by atoms with Crippen LogP contribution in [-0.4, -0.2) is 28.1 Å². The maximum atomic E-state index is 12.0. The molecule has 0 bridgehead atoms. The van der Waals surface area contributed by atoms with Crippen molar-refractivity contribution in [2.75, 3.05) is 17.3 Å². The third kappa shape index (κ3) is 2.39. The predicted molar refractivity (Wildman–Crippen MR) is 73.1 cm³/mol. The average Bonchev–Trinajstić information content (AvgIpc) is 2.81. The second-order valence-electron chi connectivity index (χ2n) is 5.99. The predicted octanol–water partition coefficient (Wildman–Crippen LogP) is 2.31. The molecule has 5 heteroatoms. The van der Waals surface area contributed by atoms with Gasteiger partial charge in [0, 0.05) is 37.4 Å². The standard InChI is InChI=1S/C13H20ClN3O/c1-13(2,3)10-6-11(16(4)15-10)17-8-9(7-14)5-12(17)18/h6,9H,5,7-8H2,1-4H3. The molecule has 2 heterocycles. The van der Waals surface area contributed by atoms with Crippen LogP contribution in [0, 0.1) is 5.92 Å². The molecule has 0 aromatic carbocycles. The summed E-state index contributed by atoms with van der Waals surface area (Å²) < 4.78 is 1.79. The number of aromatic nitrogens is 2. The van der Waals surface area contributed by atoms with Crippen molar-refractivity contribution in [3.63, 3.8) is 0 Å². The molecule has 1 aromatic heterocycles. The zero-order chi connectivity index (χ0) is 13.5.